The molecule has 0 amide bonds. The van der Waals surface area contributed by atoms with Gasteiger partial charge in [-0.15, -0.1) is 0 Å². The zero-order valence-electron chi connectivity index (χ0n) is 12.5. The summed E-state index contributed by atoms with van der Waals surface area (Å²) in [6.45, 7) is 0. The van der Waals surface area contributed by atoms with Crippen molar-refractivity contribution >= 4 is 31.2 Å². The molecule has 0 aromatic carbocycles. The summed E-state index contributed by atoms with van der Waals surface area (Å²) in [5.41, 5.74) is 0. The Kier molecular flexibility index (Phi) is 183. The molecule has 0 aliphatic rings. The maximum Gasteiger partial charge on any atom is 0.394 e. The zero-order valence-corrected chi connectivity index (χ0v) is 27.0. The molecule has 26 heavy (non-hydrogen) atoms. The van der Waals surface area contributed by atoms with Crippen molar-refractivity contribution < 1.29 is 178 Å². The largest absolute Gasteiger partial charge is 0.412 e. The molecule has 0 atom stereocenters. The second-order valence-electron chi connectivity index (χ2n) is 1.34. The van der Waals surface area contributed by atoms with Crippen LogP contribution in [-0.2, 0) is 113 Å². The summed E-state index contributed by atoms with van der Waals surface area (Å²) < 4.78 is 94.8. The zero-order chi connectivity index (χ0) is 13.5. The van der Waals surface area contributed by atoms with E-state index in [1.807, 2.05) is 0 Å². The fourth-order valence-corrected chi connectivity index (χ4v) is 0. The van der Waals surface area contributed by atoms with Crippen molar-refractivity contribution in [3.8, 4) is 0 Å². The molecule has 0 unspecified atom stereocenters. The van der Waals surface area contributed by atoms with Crippen molar-refractivity contribution in [3.05, 3.63) is 0 Å². The molecule has 0 radical (unpaired) electrons. The maximum absolute atomic E-state index is 8.74. The second kappa shape index (κ2) is 45.7. The fraction of sp³-hybridized carbons (Fsp3) is 0. The number of hydrogen-bond acceptors (Lipinski definition) is 6. The van der Waals surface area contributed by atoms with Gasteiger partial charge in [0.2, 0.25) is 0 Å². The van der Waals surface area contributed by atoms with Crippen molar-refractivity contribution in [2.75, 3.05) is 0 Å². The molecule has 0 bridgehead atoms. The van der Waals surface area contributed by atoms with Gasteiger partial charge in [0, 0.05) is 81.9 Å². The predicted octanol–water partition coefficient (Wildman–Crippen LogP) is -8.56. The molecule has 0 aliphatic carbocycles. The van der Waals surface area contributed by atoms with E-state index in [1.54, 1.807) is 0 Å². The van der Waals surface area contributed by atoms with Crippen LogP contribution < -0.4 is 0 Å². The smallest absolute Gasteiger partial charge is 0.394 e. The van der Waals surface area contributed by atoms with E-state index in [0.717, 1.165) is 0 Å². The standard InChI is InChI=1S/3Cd.3H2O4S.8H2O/c;;;3*1-5(2,3)4;;;;;;;;/h;;;3*(H2,1,2,3,4);8*1H2. The summed E-state index contributed by atoms with van der Waals surface area (Å²) in [4.78, 5) is 0. The Hall–Kier alpha value is 2.06. The van der Waals surface area contributed by atoms with Gasteiger partial charge in [0.05, 0.1) is 0 Å². The quantitative estimate of drug-likeness (QED) is 0.0987. The Bertz CT molecular complexity index is 347. The molecule has 0 aliphatic heterocycles. The van der Waals surface area contributed by atoms with Gasteiger partial charge in [-0.3, -0.25) is 27.3 Å². The molecule has 22 N–H and O–H groups in total. The van der Waals surface area contributed by atoms with E-state index < -0.39 is 31.2 Å². The molecule has 0 rings (SSSR count). The van der Waals surface area contributed by atoms with E-state index in [2.05, 4.69) is 0 Å². The first-order valence-corrected chi connectivity index (χ1v) is 6.29. The van der Waals surface area contributed by atoms with Crippen LogP contribution in [0.4, 0.5) is 0 Å². The average molecular weight is 776 g/mol. The first-order valence-electron chi connectivity index (χ1n) is 2.10. The van der Waals surface area contributed by atoms with Crippen LogP contribution in [0.3, 0.4) is 0 Å². The monoisotopic (exact) mass is 780 g/mol. The number of hydrogen-bond donors (Lipinski definition) is 6. The van der Waals surface area contributed by atoms with Crippen LogP contribution in [-0.4, -0.2) is 96.4 Å². The fourth-order valence-electron chi connectivity index (χ4n) is 0. The summed E-state index contributed by atoms with van der Waals surface area (Å²) in [6.07, 6.45) is 0. The minimum absolute atomic E-state index is 0. The predicted molar refractivity (Wildman–Crippen MR) is 71.4 cm³/mol. The van der Waals surface area contributed by atoms with Crippen LogP contribution in [0, 0.1) is 0 Å². The molecule has 0 aromatic heterocycles. The van der Waals surface area contributed by atoms with E-state index in [9.17, 15) is 0 Å². The third kappa shape index (κ3) is 3870. The molecular formula is H22Cd3O20S3. The number of rotatable bonds is 0. The van der Waals surface area contributed by atoms with Crippen molar-refractivity contribution in [2.24, 2.45) is 0 Å². The van der Waals surface area contributed by atoms with Crippen molar-refractivity contribution in [2.45, 2.75) is 0 Å². The van der Waals surface area contributed by atoms with Crippen molar-refractivity contribution in [1.29, 1.82) is 0 Å². The van der Waals surface area contributed by atoms with Gasteiger partial charge in [-0.25, -0.2) is 0 Å². The van der Waals surface area contributed by atoms with E-state index in [0.29, 0.717) is 0 Å². The minimum atomic E-state index is -4.67. The molecule has 166 valence electrons. The molecule has 0 aromatic rings. The van der Waals surface area contributed by atoms with E-state index in [4.69, 9.17) is 52.6 Å². The van der Waals surface area contributed by atoms with Gasteiger partial charge < -0.3 is 43.8 Å². The van der Waals surface area contributed by atoms with Gasteiger partial charge >= 0.3 is 31.2 Å². The Morgan fingerprint density at radius 2 is 0.308 bits per heavy atom. The summed E-state index contributed by atoms with van der Waals surface area (Å²) in [5.74, 6) is 0. The van der Waals surface area contributed by atoms with Crippen LogP contribution in [0.5, 0.6) is 0 Å². The Morgan fingerprint density at radius 1 is 0.308 bits per heavy atom. The normalized spacial score (nSPS) is 6.69. The van der Waals surface area contributed by atoms with Crippen LogP contribution >= 0.6 is 0 Å². The van der Waals surface area contributed by atoms with Gasteiger partial charge in [-0.1, -0.05) is 0 Å². The van der Waals surface area contributed by atoms with Crippen LogP contribution in [0.1, 0.15) is 0 Å². The van der Waals surface area contributed by atoms with Crippen LogP contribution in [0.15, 0.2) is 0 Å². The van der Waals surface area contributed by atoms with Gasteiger partial charge in [-0.05, 0) is 0 Å². The second-order valence-corrected chi connectivity index (χ2v) is 4.03. The SMILES string of the molecule is O.O.O.O.O.O.O.O.O=S(=O)(O)O.O=S(=O)(O)O.O=S(=O)(O)O.[Cd].[Cd].[Cd]. The molecule has 20 nitrogen and oxygen atoms in total. The molecule has 0 saturated carbocycles. The molecule has 0 fully saturated rings. The Balaban J connectivity index is -0.00000000571. The molecule has 0 saturated heterocycles. The summed E-state index contributed by atoms with van der Waals surface area (Å²) >= 11 is 0. The first kappa shape index (κ1) is 104. The molecule has 26 heteroatoms. The summed E-state index contributed by atoms with van der Waals surface area (Å²) in [7, 11) is -14.0. The Labute approximate surface area is 207 Å². The van der Waals surface area contributed by atoms with E-state index >= 15 is 0 Å². The molecule has 0 heterocycles. The third-order valence-corrected chi connectivity index (χ3v) is 0. The van der Waals surface area contributed by atoms with Crippen LogP contribution in [0.25, 0.3) is 0 Å². The van der Waals surface area contributed by atoms with Crippen molar-refractivity contribution in [1.82, 2.24) is 0 Å². The van der Waals surface area contributed by atoms with Gasteiger partial charge in [0.25, 0.3) is 0 Å². The molecular weight excluding hydrogens is 753 g/mol. The molecule has 0 spiro atoms. The van der Waals surface area contributed by atoms with Crippen LogP contribution in [0.2, 0.25) is 0 Å². The van der Waals surface area contributed by atoms with E-state index in [1.165, 1.54) is 0 Å². The summed E-state index contributed by atoms with van der Waals surface area (Å²) in [5, 5.41) is 0. The van der Waals surface area contributed by atoms with Gasteiger partial charge in [0.1, 0.15) is 0 Å². The first-order chi connectivity index (χ1) is 6.00. The summed E-state index contributed by atoms with van der Waals surface area (Å²) in [6, 6.07) is 0. The Morgan fingerprint density at radius 3 is 0.308 bits per heavy atom. The maximum atomic E-state index is 8.74. The van der Waals surface area contributed by atoms with Gasteiger partial charge in [0.15, 0.2) is 0 Å². The average Bonchev–Trinajstić information content (AvgIpc) is 1.41. The van der Waals surface area contributed by atoms with Gasteiger partial charge in [-0.2, -0.15) is 25.3 Å². The van der Waals surface area contributed by atoms with E-state index in [-0.39, 0.29) is 126 Å². The topological polar surface area (TPSA) is 476 Å². The minimum Gasteiger partial charge on any atom is -0.412 e. The third-order valence-electron chi connectivity index (χ3n) is 0. The van der Waals surface area contributed by atoms with Crippen molar-refractivity contribution in [3.63, 3.8) is 0 Å².